The molecule has 0 radical (unpaired) electrons. The highest BCUT2D eigenvalue weighted by molar-refractivity contribution is 9.10. The van der Waals surface area contributed by atoms with Crippen LogP contribution in [0.1, 0.15) is 17.4 Å². The minimum atomic E-state index is -0.421. The largest absolute Gasteiger partial charge is 0.493 e. The summed E-state index contributed by atoms with van der Waals surface area (Å²) in [5, 5.41) is 0. The Morgan fingerprint density at radius 1 is 1.05 bits per heavy atom. The monoisotopic (exact) mass is 341 g/mol. The van der Waals surface area contributed by atoms with Crippen LogP contribution in [-0.2, 0) is 0 Å². The Kier molecular flexibility index (Phi) is 4.57. The van der Waals surface area contributed by atoms with E-state index in [9.17, 15) is 0 Å². The van der Waals surface area contributed by atoms with Crippen LogP contribution in [0.2, 0.25) is 0 Å². The van der Waals surface area contributed by atoms with E-state index in [4.69, 9.17) is 24.4 Å². The molecule has 2 aromatic rings. The van der Waals surface area contributed by atoms with Crippen LogP contribution in [0.25, 0.3) is 0 Å². The number of halogens is 1. The van der Waals surface area contributed by atoms with Gasteiger partial charge in [-0.3, -0.25) is 0 Å². The molecule has 108 valence electrons. The van der Waals surface area contributed by atoms with Gasteiger partial charge in [-0.15, -0.1) is 0 Å². The van der Waals surface area contributed by atoms with Crippen molar-refractivity contribution in [2.24, 2.45) is 5.73 Å². The second-order valence-corrected chi connectivity index (χ2v) is 4.86. The van der Waals surface area contributed by atoms with Crippen molar-refractivity contribution in [3.8, 4) is 17.2 Å². The summed E-state index contributed by atoms with van der Waals surface area (Å²) in [7, 11) is 4.69. The van der Waals surface area contributed by atoms with Gasteiger partial charge in [0.1, 0.15) is 5.76 Å². The van der Waals surface area contributed by atoms with E-state index in [1.807, 2.05) is 18.2 Å². The fourth-order valence-electron chi connectivity index (χ4n) is 1.94. The number of rotatable bonds is 5. The zero-order valence-corrected chi connectivity index (χ0v) is 13.1. The molecule has 0 bridgehead atoms. The molecule has 0 aliphatic heterocycles. The molecule has 0 spiro atoms. The maximum absolute atomic E-state index is 6.20. The molecule has 0 aliphatic rings. The number of ether oxygens (including phenoxy) is 3. The van der Waals surface area contributed by atoms with Gasteiger partial charge in [-0.05, 0) is 45.8 Å². The maximum Gasteiger partial charge on any atom is 0.203 e. The lowest BCUT2D eigenvalue weighted by Gasteiger charge is -2.16. The summed E-state index contributed by atoms with van der Waals surface area (Å²) in [5.41, 5.74) is 7.01. The lowest BCUT2D eigenvalue weighted by Crippen LogP contribution is -2.11. The van der Waals surface area contributed by atoms with Crippen LogP contribution in [0.3, 0.4) is 0 Å². The van der Waals surface area contributed by atoms with Crippen LogP contribution < -0.4 is 19.9 Å². The smallest absolute Gasteiger partial charge is 0.203 e. The summed E-state index contributed by atoms with van der Waals surface area (Å²) in [4.78, 5) is 0. The van der Waals surface area contributed by atoms with Crippen molar-refractivity contribution in [1.82, 2.24) is 0 Å². The van der Waals surface area contributed by atoms with Crippen molar-refractivity contribution in [3.05, 3.63) is 40.3 Å². The first-order valence-electron chi connectivity index (χ1n) is 5.91. The van der Waals surface area contributed by atoms with E-state index >= 15 is 0 Å². The molecule has 2 N–H and O–H groups in total. The molecule has 6 heteroatoms. The van der Waals surface area contributed by atoms with Crippen molar-refractivity contribution in [2.45, 2.75) is 6.04 Å². The molecule has 1 unspecified atom stereocenters. The first kappa shape index (κ1) is 14.7. The number of hydrogen-bond acceptors (Lipinski definition) is 5. The van der Waals surface area contributed by atoms with Gasteiger partial charge in [0.25, 0.3) is 0 Å². The van der Waals surface area contributed by atoms with Crippen molar-refractivity contribution < 1.29 is 18.6 Å². The van der Waals surface area contributed by atoms with Gasteiger partial charge in [0, 0.05) is 0 Å². The quantitative estimate of drug-likeness (QED) is 0.904. The van der Waals surface area contributed by atoms with Gasteiger partial charge in [0.2, 0.25) is 5.75 Å². The predicted molar refractivity (Wildman–Crippen MR) is 78.5 cm³/mol. The van der Waals surface area contributed by atoms with Crippen LogP contribution >= 0.6 is 15.9 Å². The van der Waals surface area contributed by atoms with Crippen molar-refractivity contribution in [2.75, 3.05) is 21.3 Å². The second kappa shape index (κ2) is 6.19. The highest BCUT2D eigenvalue weighted by Gasteiger charge is 2.19. The van der Waals surface area contributed by atoms with Crippen LogP contribution in [0.5, 0.6) is 17.2 Å². The number of benzene rings is 1. The van der Waals surface area contributed by atoms with E-state index in [-0.39, 0.29) is 0 Å². The Balaban J connectivity index is 2.46. The van der Waals surface area contributed by atoms with E-state index in [2.05, 4.69) is 15.9 Å². The summed E-state index contributed by atoms with van der Waals surface area (Å²) in [6.07, 6.45) is 0. The molecule has 0 aliphatic carbocycles. The molecular weight excluding hydrogens is 326 g/mol. The summed E-state index contributed by atoms with van der Waals surface area (Å²) < 4.78 is 22.0. The van der Waals surface area contributed by atoms with Crippen LogP contribution in [0.4, 0.5) is 0 Å². The minimum Gasteiger partial charge on any atom is -0.493 e. The molecule has 2 rings (SSSR count). The minimum absolute atomic E-state index is 0.421. The summed E-state index contributed by atoms with van der Waals surface area (Å²) in [6, 6.07) is 6.81. The number of furan rings is 1. The van der Waals surface area contributed by atoms with E-state index < -0.39 is 6.04 Å². The number of hydrogen-bond donors (Lipinski definition) is 1. The van der Waals surface area contributed by atoms with Gasteiger partial charge in [-0.2, -0.15) is 0 Å². The lowest BCUT2D eigenvalue weighted by molar-refractivity contribution is 0.323. The van der Waals surface area contributed by atoms with Crippen LogP contribution in [0, 0.1) is 0 Å². The number of nitrogens with two attached hydrogens (primary N) is 1. The van der Waals surface area contributed by atoms with Crippen molar-refractivity contribution >= 4 is 15.9 Å². The van der Waals surface area contributed by atoms with Gasteiger partial charge in [-0.25, -0.2) is 0 Å². The molecule has 20 heavy (non-hydrogen) atoms. The Morgan fingerprint density at radius 3 is 2.05 bits per heavy atom. The molecule has 1 aromatic heterocycles. The maximum atomic E-state index is 6.20. The molecule has 0 saturated heterocycles. The molecule has 1 heterocycles. The fraction of sp³-hybridized carbons (Fsp3) is 0.286. The van der Waals surface area contributed by atoms with Gasteiger partial charge in [0.05, 0.1) is 27.4 Å². The average molecular weight is 342 g/mol. The van der Waals surface area contributed by atoms with Crippen molar-refractivity contribution in [3.63, 3.8) is 0 Å². The molecule has 1 atom stereocenters. The van der Waals surface area contributed by atoms with Crippen LogP contribution in [-0.4, -0.2) is 21.3 Å². The standard InChI is InChI=1S/C14H16BrNO4/c1-17-10-6-8(7-11(18-2)14(10)19-3)13(16)9-4-5-12(15)20-9/h4-7,13H,16H2,1-3H3. The molecule has 0 fully saturated rings. The van der Waals surface area contributed by atoms with Gasteiger partial charge < -0.3 is 24.4 Å². The Labute approximate surface area is 125 Å². The first-order chi connectivity index (χ1) is 9.60. The van der Waals surface area contributed by atoms with Gasteiger partial charge in [0.15, 0.2) is 16.2 Å². The van der Waals surface area contributed by atoms with Crippen LogP contribution in [0.15, 0.2) is 33.4 Å². The third-order valence-corrected chi connectivity index (χ3v) is 3.37. The average Bonchev–Trinajstić information content (AvgIpc) is 2.91. The summed E-state index contributed by atoms with van der Waals surface area (Å²) in [5.74, 6) is 2.29. The fourth-order valence-corrected chi connectivity index (χ4v) is 2.26. The SMILES string of the molecule is COc1cc(C(N)c2ccc(Br)o2)cc(OC)c1OC. The first-order valence-corrected chi connectivity index (χ1v) is 6.70. The summed E-state index contributed by atoms with van der Waals surface area (Å²) in [6.45, 7) is 0. The highest BCUT2D eigenvalue weighted by Crippen LogP contribution is 2.40. The molecule has 0 amide bonds. The number of methoxy groups -OCH3 is 3. The molecule has 1 aromatic carbocycles. The van der Waals surface area contributed by atoms with Crippen molar-refractivity contribution in [1.29, 1.82) is 0 Å². The van der Waals surface area contributed by atoms with E-state index in [1.54, 1.807) is 27.4 Å². The Bertz CT molecular complexity index is 572. The zero-order valence-electron chi connectivity index (χ0n) is 11.5. The normalized spacial score (nSPS) is 12.1. The van der Waals surface area contributed by atoms with Gasteiger partial charge >= 0.3 is 0 Å². The zero-order chi connectivity index (χ0) is 14.7. The van der Waals surface area contributed by atoms with E-state index in [0.29, 0.717) is 27.7 Å². The topological polar surface area (TPSA) is 66.9 Å². The summed E-state index contributed by atoms with van der Waals surface area (Å²) >= 11 is 3.26. The third kappa shape index (κ3) is 2.76. The Morgan fingerprint density at radius 2 is 1.65 bits per heavy atom. The molecule has 0 saturated carbocycles. The van der Waals surface area contributed by atoms with E-state index in [1.165, 1.54) is 0 Å². The Hall–Kier alpha value is -1.66. The highest BCUT2D eigenvalue weighted by atomic mass is 79.9. The van der Waals surface area contributed by atoms with E-state index in [0.717, 1.165) is 5.56 Å². The third-order valence-electron chi connectivity index (χ3n) is 2.95. The lowest BCUT2D eigenvalue weighted by atomic mass is 10.0. The van der Waals surface area contributed by atoms with Gasteiger partial charge in [-0.1, -0.05) is 0 Å². The molecular formula is C14H16BrNO4. The predicted octanol–water partition coefficient (Wildman–Crippen LogP) is 3.12. The molecule has 5 nitrogen and oxygen atoms in total. The second-order valence-electron chi connectivity index (χ2n) is 4.08.